The van der Waals surface area contributed by atoms with E-state index in [1.165, 1.54) is 0 Å². The van der Waals surface area contributed by atoms with E-state index in [0.717, 1.165) is 22.4 Å². The maximum absolute atomic E-state index is 6.27. The van der Waals surface area contributed by atoms with Gasteiger partial charge in [0.25, 0.3) is 0 Å². The molecule has 0 amide bonds. The van der Waals surface area contributed by atoms with Crippen LogP contribution in [-0.2, 0) is 6.54 Å². The number of para-hydroxylation sites is 2. The van der Waals surface area contributed by atoms with Crippen molar-refractivity contribution in [3.8, 4) is 22.8 Å². The van der Waals surface area contributed by atoms with Crippen LogP contribution in [0, 0.1) is 0 Å². The number of fused-ring (bicyclic) bond motifs is 1. The van der Waals surface area contributed by atoms with Gasteiger partial charge in [0, 0.05) is 15.6 Å². The van der Waals surface area contributed by atoms with Crippen LogP contribution in [-0.4, -0.2) is 19.7 Å². The maximum Gasteiger partial charge on any atom is 0.249 e. The van der Waals surface area contributed by atoms with Crippen LogP contribution in [0.25, 0.3) is 33.9 Å². The summed E-state index contributed by atoms with van der Waals surface area (Å²) in [5, 5.41) is 10.0. The number of rotatable bonds is 4. The first-order chi connectivity index (χ1) is 14.6. The molecule has 0 fully saturated rings. The molecule has 30 heavy (non-hydrogen) atoms. The topological polar surface area (TPSA) is 56.7 Å². The Morgan fingerprint density at radius 2 is 1.60 bits per heavy atom. The lowest BCUT2D eigenvalue weighted by molar-refractivity contribution is 0.492. The van der Waals surface area contributed by atoms with Gasteiger partial charge in [-0.2, -0.15) is 0 Å². The average Bonchev–Trinajstić information content (AvgIpc) is 3.34. The van der Waals surface area contributed by atoms with Crippen LogP contribution < -0.4 is 0 Å². The molecule has 0 aliphatic carbocycles. The largest absolute Gasteiger partial charge is 0.419 e. The van der Waals surface area contributed by atoms with E-state index >= 15 is 0 Å². The van der Waals surface area contributed by atoms with E-state index in [1.54, 1.807) is 18.2 Å². The molecular formula is C22H13Cl3N4O. The molecule has 2 aromatic heterocycles. The van der Waals surface area contributed by atoms with E-state index in [1.807, 2.05) is 53.1 Å². The van der Waals surface area contributed by atoms with Crippen molar-refractivity contribution in [2.45, 2.75) is 6.54 Å². The van der Waals surface area contributed by atoms with Gasteiger partial charge < -0.3 is 8.98 Å². The van der Waals surface area contributed by atoms with E-state index in [4.69, 9.17) is 44.2 Å². The molecule has 2 heterocycles. The number of hydrogen-bond donors (Lipinski definition) is 0. The second kappa shape index (κ2) is 7.76. The molecule has 0 aliphatic heterocycles. The van der Waals surface area contributed by atoms with Crippen LogP contribution in [0.3, 0.4) is 0 Å². The van der Waals surface area contributed by atoms with Gasteiger partial charge in [0.1, 0.15) is 12.4 Å². The molecule has 8 heteroatoms. The highest BCUT2D eigenvalue weighted by molar-refractivity contribution is 6.36. The van der Waals surface area contributed by atoms with Gasteiger partial charge in [0.15, 0.2) is 0 Å². The zero-order valence-corrected chi connectivity index (χ0v) is 17.7. The Morgan fingerprint density at radius 3 is 2.40 bits per heavy atom. The molecule has 0 N–H and O–H groups in total. The van der Waals surface area contributed by atoms with E-state index in [2.05, 4.69) is 10.2 Å². The highest BCUT2D eigenvalue weighted by atomic mass is 35.5. The Bertz CT molecular complexity index is 1360. The van der Waals surface area contributed by atoms with Gasteiger partial charge >= 0.3 is 0 Å². The summed E-state index contributed by atoms with van der Waals surface area (Å²) in [4.78, 5) is 4.79. The zero-order valence-electron chi connectivity index (χ0n) is 15.4. The first-order valence-electron chi connectivity index (χ1n) is 9.07. The second-order valence-electron chi connectivity index (χ2n) is 6.64. The Hall–Kier alpha value is -2.86. The van der Waals surface area contributed by atoms with Crippen LogP contribution in [0.4, 0.5) is 0 Å². The molecule has 0 saturated carbocycles. The summed E-state index contributed by atoms with van der Waals surface area (Å²) in [6.45, 7) is 0.358. The van der Waals surface area contributed by atoms with Crippen LogP contribution in [0.1, 0.15) is 5.89 Å². The molecular weight excluding hydrogens is 443 g/mol. The molecule has 0 aliphatic rings. The van der Waals surface area contributed by atoms with Gasteiger partial charge in [-0.05, 0) is 54.6 Å². The third-order valence-electron chi connectivity index (χ3n) is 4.68. The fourth-order valence-electron chi connectivity index (χ4n) is 3.28. The van der Waals surface area contributed by atoms with Crippen LogP contribution >= 0.6 is 34.8 Å². The van der Waals surface area contributed by atoms with Gasteiger partial charge in [-0.15, -0.1) is 10.2 Å². The normalized spacial score (nSPS) is 11.3. The van der Waals surface area contributed by atoms with Gasteiger partial charge in [0.05, 0.1) is 21.6 Å². The number of nitrogens with zero attached hydrogens (tertiary/aromatic N) is 4. The molecule has 0 atom stereocenters. The lowest BCUT2D eigenvalue weighted by atomic mass is 10.2. The number of hydrogen-bond acceptors (Lipinski definition) is 4. The quantitative estimate of drug-likeness (QED) is 0.300. The lowest BCUT2D eigenvalue weighted by Crippen LogP contribution is -2.02. The number of aromatic nitrogens is 4. The van der Waals surface area contributed by atoms with E-state index < -0.39 is 0 Å². The minimum absolute atomic E-state index is 0.337. The first kappa shape index (κ1) is 19.1. The van der Waals surface area contributed by atoms with Gasteiger partial charge in [-0.25, -0.2) is 4.98 Å². The third kappa shape index (κ3) is 3.56. The first-order valence-corrected chi connectivity index (χ1v) is 10.2. The summed E-state index contributed by atoms with van der Waals surface area (Å²) < 4.78 is 7.94. The zero-order chi connectivity index (χ0) is 20.7. The molecule has 148 valence electrons. The highest BCUT2D eigenvalue weighted by Crippen LogP contribution is 2.31. The Balaban J connectivity index is 1.56. The molecule has 0 unspecified atom stereocenters. The summed E-state index contributed by atoms with van der Waals surface area (Å²) in [7, 11) is 0. The van der Waals surface area contributed by atoms with Crippen molar-refractivity contribution in [3.63, 3.8) is 0 Å². The van der Waals surface area contributed by atoms with Gasteiger partial charge in [0.2, 0.25) is 11.8 Å². The van der Waals surface area contributed by atoms with Crippen molar-refractivity contribution in [1.29, 1.82) is 0 Å². The summed E-state index contributed by atoms with van der Waals surface area (Å²) in [5.41, 5.74) is 3.42. The monoisotopic (exact) mass is 454 g/mol. The van der Waals surface area contributed by atoms with Crippen LogP contribution in [0.5, 0.6) is 0 Å². The lowest BCUT2D eigenvalue weighted by Gasteiger charge is -2.07. The summed E-state index contributed by atoms with van der Waals surface area (Å²) in [5.74, 6) is 1.57. The van der Waals surface area contributed by atoms with Crippen molar-refractivity contribution in [2.75, 3.05) is 0 Å². The van der Waals surface area contributed by atoms with Crippen molar-refractivity contribution in [3.05, 3.63) is 87.7 Å². The molecule has 0 bridgehead atoms. The minimum Gasteiger partial charge on any atom is -0.419 e. The molecule has 0 saturated heterocycles. The smallest absolute Gasteiger partial charge is 0.249 e. The summed E-state index contributed by atoms with van der Waals surface area (Å²) in [6.07, 6.45) is 0. The van der Waals surface area contributed by atoms with Crippen LogP contribution in [0.2, 0.25) is 15.1 Å². The Kier molecular flexibility index (Phi) is 4.95. The number of imidazole rings is 1. The fourth-order valence-corrected chi connectivity index (χ4v) is 3.89. The average molecular weight is 456 g/mol. The molecule has 5 nitrogen and oxygen atoms in total. The SMILES string of the molecule is Clc1ccc(-c2nc3ccccc3n2Cc2nnc(-c3ccc(Cl)cc3Cl)o2)cc1. The van der Waals surface area contributed by atoms with Crippen molar-refractivity contribution in [1.82, 2.24) is 19.7 Å². The predicted molar refractivity (Wildman–Crippen MR) is 119 cm³/mol. The van der Waals surface area contributed by atoms with Crippen LogP contribution in [0.15, 0.2) is 71.1 Å². The predicted octanol–water partition coefficient (Wildman–Crippen LogP) is 6.76. The number of halogens is 3. The third-order valence-corrected chi connectivity index (χ3v) is 5.48. The Morgan fingerprint density at radius 1 is 0.833 bits per heavy atom. The van der Waals surface area contributed by atoms with E-state index in [0.29, 0.717) is 39.0 Å². The Labute approximate surface area is 186 Å². The fraction of sp³-hybridized carbons (Fsp3) is 0.0455. The van der Waals surface area contributed by atoms with E-state index in [-0.39, 0.29) is 0 Å². The summed E-state index contributed by atoms with van der Waals surface area (Å²) >= 11 is 18.3. The molecule has 5 rings (SSSR count). The minimum atomic E-state index is 0.337. The van der Waals surface area contributed by atoms with Gasteiger partial charge in [-0.3, -0.25) is 0 Å². The number of benzene rings is 3. The van der Waals surface area contributed by atoms with Crippen molar-refractivity contribution in [2.24, 2.45) is 0 Å². The second-order valence-corrected chi connectivity index (χ2v) is 7.92. The molecule has 5 aromatic rings. The van der Waals surface area contributed by atoms with Crippen molar-refractivity contribution >= 4 is 45.8 Å². The molecule has 3 aromatic carbocycles. The standard InChI is InChI=1S/C22H13Cl3N4O/c23-14-7-5-13(6-8-14)21-26-18-3-1-2-4-19(18)29(21)12-20-27-28-22(30-20)16-10-9-15(24)11-17(16)25/h1-11H,12H2. The van der Waals surface area contributed by atoms with Crippen molar-refractivity contribution < 1.29 is 4.42 Å². The highest BCUT2D eigenvalue weighted by Gasteiger charge is 2.17. The van der Waals surface area contributed by atoms with Gasteiger partial charge in [-0.1, -0.05) is 46.9 Å². The maximum atomic E-state index is 6.27. The van der Waals surface area contributed by atoms with E-state index in [9.17, 15) is 0 Å². The molecule has 0 radical (unpaired) electrons. The molecule has 0 spiro atoms. The summed E-state index contributed by atoms with van der Waals surface area (Å²) in [6, 6.07) is 20.6.